The summed E-state index contributed by atoms with van der Waals surface area (Å²) in [5, 5.41) is 5.06. The second kappa shape index (κ2) is 14.7. The molecule has 0 N–H and O–H groups in total. The van der Waals surface area contributed by atoms with Crippen LogP contribution in [0.25, 0.3) is 82.8 Å². The third kappa shape index (κ3) is 5.39. The van der Waals surface area contributed by atoms with Crippen molar-refractivity contribution >= 4 is 49.6 Å². The molecule has 0 fully saturated rings. The molecule has 2 nitrogen and oxygen atoms in total. The first-order chi connectivity index (χ1) is 33.3. The summed E-state index contributed by atoms with van der Waals surface area (Å²) in [4.78, 5) is 2.50. The molecule has 1 spiro atoms. The SMILES string of the molecule is c1ccc(-c2ccccc2N(c2ccc3c(c2)C2(c4ccccc4-3)c3ccccc3-c3ccc(-c4ccccc4)c4cccc2c34)c2ccc3c4ccccc4n(-c4ccccc4)c3c2)cc1. The molecule has 12 aromatic rings. The number of benzene rings is 11. The van der Waals surface area contributed by atoms with E-state index in [9.17, 15) is 0 Å². The number of hydrogen-bond acceptors (Lipinski definition) is 1. The molecular formula is C65H42N2. The van der Waals surface area contributed by atoms with Gasteiger partial charge in [-0.05, 0) is 121 Å². The van der Waals surface area contributed by atoms with Gasteiger partial charge in [0.1, 0.15) is 0 Å². The Balaban J connectivity index is 1.08. The van der Waals surface area contributed by atoms with E-state index in [0.717, 1.165) is 28.3 Å². The van der Waals surface area contributed by atoms with Crippen molar-refractivity contribution < 1.29 is 0 Å². The van der Waals surface area contributed by atoms with Crippen LogP contribution in [-0.2, 0) is 5.41 Å². The molecule has 1 atom stereocenters. The molecule has 0 bridgehead atoms. The summed E-state index contributed by atoms with van der Waals surface area (Å²) in [6, 6.07) is 94.5. The summed E-state index contributed by atoms with van der Waals surface area (Å²) in [6.07, 6.45) is 0. The average molecular weight is 851 g/mol. The average Bonchev–Trinajstić information content (AvgIpc) is 3.89. The zero-order valence-electron chi connectivity index (χ0n) is 36.6. The molecular weight excluding hydrogens is 809 g/mol. The van der Waals surface area contributed by atoms with Crippen molar-refractivity contribution in [3.05, 3.63) is 277 Å². The van der Waals surface area contributed by atoms with E-state index in [0.29, 0.717) is 0 Å². The zero-order chi connectivity index (χ0) is 44.1. The third-order valence-electron chi connectivity index (χ3n) is 14.6. The van der Waals surface area contributed by atoms with E-state index in [2.05, 4.69) is 264 Å². The number of rotatable bonds is 6. The maximum Gasteiger partial charge on any atom is 0.0726 e. The fraction of sp³-hybridized carbons (Fsp3) is 0.0154. The number of hydrogen-bond donors (Lipinski definition) is 0. The largest absolute Gasteiger partial charge is 0.310 e. The van der Waals surface area contributed by atoms with Gasteiger partial charge in [-0.2, -0.15) is 0 Å². The highest BCUT2D eigenvalue weighted by molar-refractivity contribution is 6.13. The lowest BCUT2D eigenvalue weighted by Gasteiger charge is -2.40. The predicted molar refractivity (Wildman–Crippen MR) is 280 cm³/mol. The van der Waals surface area contributed by atoms with E-state index in [1.165, 1.54) is 93.8 Å². The van der Waals surface area contributed by atoms with Gasteiger partial charge in [-0.25, -0.2) is 0 Å². The molecule has 0 radical (unpaired) electrons. The fourth-order valence-electron chi connectivity index (χ4n) is 11.9. The first-order valence-corrected chi connectivity index (χ1v) is 23.3. The van der Waals surface area contributed by atoms with Gasteiger partial charge in [-0.15, -0.1) is 0 Å². The van der Waals surface area contributed by atoms with Crippen molar-refractivity contribution in [2.75, 3.05) is 4.90 Å². The van der Waals surface area contributed by atoms with Gasteiger partial charge in [0.15, 0.2) is 0 Å². The van der Waals surface area contributed by atoms with Crippen molar-refractivity contribution in [3.8, 4) is 50.2 Å². The van der Waals surface area contributed by atoms with Crippen LogP contribution in [0.1, 0.15) is 22.3 Å². The number of fused-ring (bicyclic) bond motifs is 12. The molecule has 2 aliphatic carbocycles. The Labute approximate surface area is 389 Å². The molecule has 11 aromatic carbocycles. The molecule has 1 aromatic heterocycles. The van der Waals surface area contributed by atoms with E-state index >= 15 is 0 Å². The van der Waals surface area contributed by atoms with Crippen molar-refractivity contribution in [2.45, 2.75) is 5.41 Å². The summed E-state index contributed by atoms with van der Waals surface area (Å²) in [6.45, 7) is 0. The van der Waals surface area contributed by atoms with E-state index in [-0.39, 0.29) is 0 Å². The number of nitrogens with zero attached hydrogens (tertiary/aromatic N) is 2. The highest BCUT2D eigenvalue weighted by Crippen LogP contribution is 2.63. The van der Waals surface area contributed by atoms with Crippen LogP contribution < -0.4 is 4.90 Å². The maximum absolute atomic E-state index is 2.52. The van der Waals surface area contributed by atoms with E-state index in [1.807, 2.05) is 0 Å². The predicted octanol–water partition coefficient (Wildman–Crippen LogP) is 17.1. The van der Waals surface area contributed by atoms with Crippen LogP contribution in [0.2, 0.25) is 0 Å². The van der Waals surface area contributed by atoms with Crippen LogP contribution in [-0.4, -0.2) is 4.57 Å². The molecule has 0 aliphatic heterocycles. The zero-order valence-corrected chi connectivity index (χ0v) is 36.6. The Morgan fingerprint density at radius 3 is 1.57 bits per heavy atom. The smallest absolute Gasteiger partial charge is 0.0726 e. The third-order valence-corrected chi connectivity index (χ3v) is 14.6. The minimum absolute atomic E-state index is 0.589. The van der Waals surface area contributed by atoms with Crippen molar-refractivity contribution in [2.24, 2.45) is 0 Å². The summed E-state index contributed by atoms with van der Waals surface area (Å²) in [5.41, 5.74) is 21.4. The fourth-order valence-corrected chi connectivity index (χ4v) is 11.9. The van der Waals surface area contributed by atoms with E-state index in [1.54, 1.807) is 0 Å². The van der Waals surface area contributed by atoms with E-state index < -0.39 is 5.41 Å². The molecule has 312 valence electrons. The minimum atomic E-state index is -0.589. The lowest BCUT2D eigenvalue weighted by molar-refractivity contribution is 0.773. The Kier molecular flexibility index (Phi) is 8.23. The molecule has 14 rings (SSSR count). The van der Waals surface area contributed by atoms with Gasteiger partial charge in [-0.1, -0.05) is 206 Å². The summed E-state index contributed by atoms with van der Waals surface area (Å²) < 4.78 is 2.42. The molecule has 0 saturated carbocycles. The van der Waals surface area contributed by atoms with Crippen LogP contribution in [0.5, 0.6) is 0 Å². The Morgan fingerprint density at radius 1 is 0.299 bits per heavy atom. The normalized spacial score (nSPS) is 14.3. The van der Waals surface area contributed by atoms with Crippen LogP contribution in [0, 0.1) is 0 Å². The van der Waals surface area contributed by atoms with Gasteiger partial charge < -0.3 is 9.47 Å². The molecule has 67 heavy (non-hydrogen) atoms. The number of anilines is 3. The van der Waals surface area contributed by atoms with Crippen LogP contribution in [0.15, 0.2) is 255 Å². The molecule has 2 aliphatic rings. The molecule has 0 saturated heterocycles. The van der Waals surface area contributed by atoms with Crippen molar-refractivity contribution in [1.82, 2.24) is 4.57 Å². The Hall–Kier alpha value is -8.72. The summed E-state index contributed by atoms with van der Waals surface area (Å²) >= 11 is 0. The van der Waals surface area contributed by atoms with Gasteiger partial charge >= 0.3 is 0 Å². The van der Waals surface area contributed by atoms with Gasteiger partial charge in [0.05, 0.1) is 22.1 Å². The Morgan fingerprint density at radius 2 is 0.806 bits per heavy atom. The quantitative estimate of drug-likeness (QED) is 0.162. The van der Waals surface area contributed by atoms with Crippen LogP contribution in [0.3, 0.4) is 0 Å². The summed E-state index contributed by atoms with van der Waals surface area (Å²) in [5.74, 6) is 0. The highest BCUT2D eigenvalue weighted by atomic mass is 15.1. The van der Waals surface area contributed by atoms with Gasteiger partial charge in [0, 0.05) is 33.4 Å². The molecule has 0 amide bonds. The number of para-hydroxylation sites is 3. The molecule has 1 heterocycles. The molecule has 1 unspecified atom stereocenters. The number of aromatic nitrogens is 1. The second-order valence-electron chi connectivity index (χ2n) is 17.9. The lowest BCUT2D eigenvalue weighted by atomic mass is 9.61. The topological polar surface area (TPSA) is 8.17 Å². The maximum atomic E-state index is 2.52. The van der Waals surface area contributed by atoms with Crippen LogP contribution >= 0.6 is 0 Å². The van der Waals surface area contributed by atoms with Crippen LogP contribution in [0.4, 0.5) is 17.1 Å². The standard InChI is InChI=1S/C65H42N2/c1-4-19-43(20-5-1)48-39-40-56-51-27-11-15-31-58(51)65(59-32-18-29-55(48)64(56)59)57-30-14-10-26-50(57)52-37-35-46(41-60(52)65)66(61-33-16-12-25-49(61)44-21-6-2-7-22-44)47-36-38-54-53-28-13-17-34-62(53)67(63(54)42-47)45-23-8-3-9-24-45/h1-42H. The van der Waals surface area contributed by atoms with Gasteiger partial charge in [0.25, 0.3) is 0 Å². The first-order valence-electron chi connectivity index (χ1n) is 23.3. The Bertz CT molecular complexity index is 3920. The van der Waals surface area contributed by atoms with Crippen molar-refractivity contribution in [3.63, 3.8) is 0 Å². The first kappa shape index (κ1) is 37.6. The highest BCUT2D eigenvalue weighted by Gasteiger charge is 2.50. The minimum Gasteiger partial charge on any atom is -0.310 e. The second-order valence-corrected chi connectivity index (χ2v) is 17.9. The van der Waals surface area contributed by atoms with E-state index in [4.69, 9.17) is 0 Å². The monoisotopic (exact) mass is 850 g/mol. The van der Waals surface area contributed by atoms with Gasteiger partial charge in [0.2, 0.25) is 0 Å². The molecule has 2 heteroatoms. The van der Waals surface area contributed by atoms with Crippen molar-refractivity contribution in [1.29, 1.82) is 0 Å². The van der Waals surface area contributed by atoms with Gasteiger partial charge in [-0.3, -0.25) is 0 Å². The lowest BCUT2D eigenvalue weighted by Crippen LogP contribution is -2.32. The summed E-state index contributed by atoms with van der Waals surface area (Å²) in [7, 11) is 0.